The van der Waals surface area contributed by atoms with Crippen molar-refractivity contribution in [3.8, 4) is 0 Å². The van der Waals surface area contributed by atoms with Crippen LogP contribution in [0.5, 0.6) is 0 Å². The summed E-state index contributed by atoms with van der Waals surface area (Å²) in [6.07, 6.45) is 3.03. The second kappa shape index (κ2) is 8.27. The lowest BCUT2D eigenvalue weighted by Crippen LogP contribution is -2.19. The lowest BCUT2D eigenvalue weighted by atomic mass is 10.1. The van der Waals surface area contributed by atoms with E-state index in [9.17, 15) is 4.79 Å². The Balaban J connectivity index is 2.17. The number of hydrogen-bond donors (Lipinski definition) is 2. The summed E-state index contributed by atoms with van der Waals surface area (Å²) in [5, 5.41) is 12.0. The van der Waals surface area contributed by atoms with Crippen molar-refractivity contribution in [3.05, 3.63) is 34.3 Å². The van der Waals surface area contributed by atoms with Gasteiger partial charge in [-0.3, -0.25) is 4.79 Å². The van der Waals surface area contributed by atoms with E-state index in [0.29, 0.717) is 6.04 Å². The van der Waals surface area contributed by atoms with Crippen LogP contribution in [0.4, 0.5) is 0 Å². The summed E-state index contributed by atoms with van der Waals surface area (Å²) in [6.45, 7) is 3.06. The number of nitrogens with one attached hydrogen (secondary N) is 1. The highest BCUT2D eigenvalue weighted by molar-refractivity contribution is 9.10. The standard InChI is InChI=1S/C14H20BrNO2/c1-11(12-6-5-7-13(15)10-12)16-9-4-2-3-8-14(17)18/h5-7,10-11,16H,2-4,8-9H2,1H3,(H,17,18)/t11-/m0/s1. The van der Waals surface area contributed by atoms with Gasteiger partial charge in [0.2, 0.25) is 0 Å². The van der Waals surface area contributed by atoms with Crippen LogP contribution in [0.25, 0.3) is 0 Å². The van der Waals surface area contributed by atoms with E-state index in [4.69, 9.17) is 5.11 Å². The van der Waals surface area contributed by atoms with Crippen molar-refractivity contribution in [3.63, 3.8) is 0 Å². The summed E-state index contributed by atoms with van der Waals surface area (Å²) >= 11 is 3.46. The first kappa shape index (κ1) is 15.2. The Bertz CT molecular complexity index is 382. The van der Waals surface area contributed by atoms with Crippen LogP contribution in [0.2, 0.25) is 0 Å². The Morgan fingerprint density at radius 1 is 1.39 bits per heavy atom. The van der Waals surface area contributed by atoms with Crippen molar-refractivity contribution in [2.45, 2.75) is 38.6 Å². The van der Waals surface area contributed by atoms with E-state index < -0.39 is 5.97 Å². The van der Waals surface area contributed by atoms with Crippen LogP contribution >= 0.6 is 15.9 Å². The molecule has 18 heavy (non-hydrogen) atoms. The maximum Gasteiger partial charge on any atom is 0.303 e. The molecule has 1 atom stereocenters. The number of unbranched alkanes of at least 4 members (excludes halogenated alkanes) is 2. The quantitative estimate of drug-likeness (QED) is 0.719. The molecule has 0 amide bonds. The van der Waals surface area contributed by atoms with E-state index in [-0.39, 0.29) is 6.42 Å². The summed E-state index contributed by atoms with van der Waals surface area (Å²) in [6, 6.07) is 8.59. The van der Waals surface area contributed by atoms with Crippen molar-refractivity contribution in [2.24, 2.45) is 0 Å². The number of carboxylic acid groups (broad SMARTS) is 1. The Labute approximate surface area is 117 Å². The normalized spacial score (nSPS) is 12.3. The van der Waals surface area contributed by atoms with E-state index in [1.807, 2.05) is 12.1 Å². The molecule has 1 aromatic carbocycles. The van der Waals surface area contributed by atoms with Crippen molar-refractivity contribution < 1.29 is 9.90 Å². The van der Waals surface area contributed by atoms with Gasteiger partial charge >= 0.3 is 5.97 Å². The molecule has 0 heterocycles. The molecule has 0 aliphatic heterocycles. The molecule has 0 aromatic heterocycles. The highest BCUT2D eigenvalue weighted by Gasteiger charge is 2.04. The van der Waals surface area contributed by atoms with E-state index in [2.05, 4.69) is 40.3 Å². The summed E-state index contributed by atoms with van der Waals surface area (Å²) in [4.78, 5) is 10.3. The third-order valence-electron chi connectivity index (χ3n) is 2.87. The van der Waals surface area contributed by atoms with Crippen LogP contribution in [0.15, 0.2) is 28.7 Å². The molecule has 1 aromatic rings. The zero-order valence-corrected chi connectivity index (χ0v) is 12.2. The molecule has 1 rings (SSSR count). The molecule has 0 aliphatic carbocycles. The number of carbonyl (C=O) groups is 1. The first-order valence-electron chi connectivity index (χ1n) is 6.30. The molecule has 2 N–H and O–H groups in total. The summed E-state index contributed by atoms with van der Waals surface area (Å²) < 4.78 is 1.09. The second-order valence-corrected chi connectivity index (χ2v) is 5.35. The average molecular weight is 314 g/mol. The van der Waals surface area contributed by atoms with Gasteiger partial charge in [0, 0.05) is 16.9 Å². The van der Waals surface area contributed by atoms with Crippen LogP contribution in [0, 0.1) is 0 Å². The minimum Gasteiger partial charge on any atom is -0.481 e. The Hall–Kier alpha value is -0.870. The number of carboxylic acids is 1. The smallest absolute Gasteiger partial charge is 0.303 e. The van der Waals surface area contributed by atoms with E-state index in [0.717, 1.165) is 30.3 Å². The molecule has 0 bridgehead atoms. The molecule has 0 radical (unpaired) electrons. The molecule has 0 unspecified atom stereocenters. The van der Waals surface area contributed by atoms with Gasteiger partial charge in [-0.15, -0.1) is 0 Å². The fourth-order valence-electron chi connectivity index (χ4n) is 1.79. The second-order valence-electron chi connectivity index (χ2n) is 4.44. The summed E-state index contributed by atoms with van der Waals surface area (Å²) in [5.41, 5.74) is 1.26. The van der Waals surface area contributed by atoms with Gasteiger partial charge in [-0.2, -0.15) is 0 Å². The first-order valence-corrected chi connectivity index (χ1v) is 7.09. The predicted octanol–water partition coefficient (Wildman–Crippen LogP) is 3.74. The van der Waals surface area contributed by atoms with Gasteiger partial charge in [0.25, 0.3) is 0 Å². The van der Waals surface area contributed by atoms with Gasteiger partial charge in [-0.05, 0) is 44.0 Å². The van der Waals surface area contributed by atoms with Crippen molar-refractivity contribution in [2.75, 3.05) is 6.54 Å². The fourth-order valence-corrected chi connectivity index (χ4v) is 2.21. The molecule has 0 fully saturated rings. The highest BCUT2D eigenvalue weighted by Crippen LogP contribution is 2.17. The van der Waals surface area contributed by atoms with Crippen LogP contribution in [-0.2, 0) is 4.79 Å². The summed E-state index contributed by atoms with van der Waals surface area (Å²) in [7, 11) is 0. The van der Waals surface area contributed by atoms with Gasteiger partial charge in [-0.25, -0.2) is 0 Å². The summed E-state index contributed by atoms with van der Waals surface area (Å²) in [5.74, 6) is -0.703. The highest BCUT2D eigenvalue weighted by atomic mass is 79.9. The number of hydrogen-bond acceptors (Lipinski definition) is 2. The van der Waals surface area contributed by atoms with Crippen molar-refractivity contribution in [1.82, 2.24) is 5.32 Å². The molecule has 4 heteroatoms. The van der Waals surface area contributed by atoms with Crippen LogP contribution in [0.1, 0.15) is 44.2 Å². The van der Waals surface area contributed by atoms with E-state index in [1.54, 1.807) is 0 Å². The van der Waals surface area contributed by atoms with Gasteiger partial charge in [0.1, 0.15) is 0 Å². The van der Waals surface area contributed by atoms with Gasteiger partial charge < -0.3 is 10.4 Å². The van der Waals surface area contributed by atoms with Gasteiger partial charge in [0.05, 0.1) is 0 Å². The topological polar surface area (TPSA) is 49.3 Å². The third-order valence-corrected chi connectivity index (χ3v) is 3.36. The molecule has 0 saturated heterocycles. The predicted molar refractivity (Wildman–Crippen MR) is 76.7 cm³/mol. The Kier molecular flexibility index (Phi) is 6.98. The minimum atomic E-state index is -0.703. The fraction of sp³-hybridized carbons (Fsp3) is 0.500. The largest absolute Gasteiger partial charge is 0.481 e. The van der Waals surface area contributed by atoms with Crippen LogP contribution in [0.3, 0.4) is 0 Å². The molecule has 100 valence electrons. The van der Waals surface area contributed by atoms with E-state index >= 15 is 0 Å². The zero-order valence-electron chi connectivity index (χ0n) is 10.7. The SMILES string of the molecule is C[C@H](NCCCCCC(=O)O)c1cccc(Br)c1. The first-order chi connectivity index (χ1) is 8.59. The van der Waals surface area contributed by atoms with Gasteiger partial charge in [-0.1, -0.05) is 34.5 Å². The monoisotopic (exact) mass is 313 g/mol. The average Bonchev–Trinajstić information content (AvgIpc) is 2.33. The maximum atomic E-state index is 10.3. The van der Waals surface area contributed by atoms with Crippen molar-refractivity contribution in [1.29, 1.82) is 0 Å². The third kappa shape index (κ3) is 6.17. The maximum absolute atomic E-state index is 10.3. The van der Waals surface area contributed by atoms with Gasteiger partial charge in [0.15, 0.2) is 0 Å². The number of benzene rings is 1. The lowest BCUT2D eigenvalue weighted by molar-refractivity contribution is -0.137. The van der Waals surface area contributed by atoms with Crippen LogP contribution in [-0.4, -0.2) is 17.6 Å². The number of halogens is 1. The van der Waals surface area contributed by atoms with Crippen molar-refractivity contribution >= 4 is 21.9 Å². The molecule has 0 saturated carbocycles. The molecular weight excluding hydrogens is 294 g/mol. The molecule has 0 spiro atoms. The zero-order chi connectivity index (χ0) is 13.4. The number of rotatable bonds is 8. The van der Waals surface area contributed by atoms with Crippen LogP contribution < -0.4 is 5.32 Å². The van der Waals surface area contributed by atoms with E-state index in [1.165, 1.54) is 5.56 Å². The minimum absolute atomic E-state index is 0.279. The Morgan fingerprint density at radius 2 is 2.17 bits per heavy atom. The molecular formula is C14H20BrNO2. The number of aliphatic carboxylic acids is 1. The Morgan fingerprint density at radius 3 is 2.83 bits per heavy atom. The lowest BCUT2D eigenvalue weighted by Gasteiger charge is -2.14. The molecule has 0 aliphatic rings. The molecule has 3 nitrogen and oxygen atoms in total.